The minimum atomic E-state index is -0.172. The number of nitrogens with zero attached hydrogens (tertiary/aromatic N) is 3. The number of thiazole rings is 1. The molecule has 1 amide bonds. The molecule has 0 aliphatic carbocycles. The Kier molecular flexibility index (Phi) is 6.05. The third-order valence-corrected chi connectivity index (χ3v) is 6.15. The van der Waals surface area contributed by atoms with Crippen molar-refractivity contribution in [2.45, 2.75) is 18.9 Å². The van der Waals surface area contributed by atoms with E-state index in [2.05, 4.69) is 22.0 Å². The van der Waals surface area contributed by atoms with E-state index in [4.69, 9.17) is 15.0 Å². The van der Waals surface area contributed by atoms with Crippen molar-refractivity contribution in [2.75, 3.05) is 18.1 Å². The van der Waals surface area contributed by atoms with Crippen LogP contribution in [0, 0.1) is 11.3 Å². The highest BCUT2D eigenvalue weighted by Crippen LogP contribution is 2.30. The van der Waals surface area contributed by atoms with Crippen LogP contribution in [0.15, 0.2) is 58.4 Å². The number of halogens is 1. The maximum Gasteiger partial charge on any atom is 0.260 e. The van der Waals surface area contributed by atoms with Crippen LogP contribution in [0.1, 0.15) is 28.8 Å². The molecule has 1 unspecified atom stereocenters. The maximum atomic E-state index is 13.3. The number of ether oxygens (including phenoxy) is 1. The molecule has 1 atom stereocenters. The summed E-state index contributed by atoms with van der Waals surface area (Å²) in [6.07, 6.45) is 1.92. The quantitative estimate of drug-likeness (QED) is 0.512. The standard InChI is InChI=1S/C22H18BrN3O2S/c23-18-8-6-16(7-9-18)20-14-29-22(25-20)26(13-19-5-2-10-28-19)21(27)17-4-1-3-15(11-17)12-24/h1,3-4,6-9,11,14,19H,2,5,10,13H2. The van der Waals surface area contributed by atoms with E-state index in [0.717, 1.165) is 35.2 Å². The Bertz CT molecular complexity index is 1050. The average molecular weight is 468 g/mol. The van der Waals surface area contributed by atoms with Gasteiger partial charge in [-0.3, -0.25) is 9.69 Å². The van der Waals surface area contributed by atoms with E-state index in [-0.39, 0.29) is 12.0 Å². The second-order valence-electron chi connectivity index (χ2n) is 6.77. The van der Waals surface area contributed by atoms with Gasteiger partial charge in [-0.1, -0.05) is 34.1 Å². The number of nitriles is 1. The van der Waals surface area contributed by atoms with Crippen LogP contribution in [-0.2, 0) is 4.74 Å². The molecule has 5 nitrogen and oxygen atoms in total. The molecular formula is C22H18BrN3O2S. The molecule has 1 aliphatic rings. The van der Waals surface area contributed by atoms with E-state index in [1.165, 1.54) is 11.3 Å². The minimum absolute atomic E-state index is 0.00173. The Morgan fingerprint density at radius 1 is 1.31 bits per heavy atom. The highest BCUT2D eigenvalue weighted by molar-refractivity contribution is 9.10. The van der Waals surface area contributed by atoms with Crippen molar-refractivity contribution < 1.29 is 9.53 Å². The largest absolute Gasteiger partial charge is 0.376 e. The predicted octanol–water partition coefficient (Wildman–Crippen LogP) is 5.27. The van der Waals surface area contributed by atoms with Crippen molar-refractivity contribution in [1.82, 2.24) is 4.98 Å². The third kappa shape index (κ3) is 4.56. The van der Waals surface area contributed by atoms with E-state index in [9.17, 15) is 4.79 Å². The maximum absolute atomic E-state index is 13.3. The summed E-state index contributed by atoms with van der Waals surface area (Å²) >= 11 is 4.88. The predicted molar refractivity (Wildman–Crippen MR) is 117 cm³/mol. The number of amides is 1. The fraction of sp³-hybridized carbons (Fsp3) is 0.227. The van der Waals surface area contributed by atoms with Gasteiger partial charge in [0.05, 0.1) is 30.0 Å². The fourth-order valence-electron chi connectivity index (χ4n) is 3.26. The summed E-state index contributed by atoms with van der Waals surface area (Å²) in [6, 6.07) is 16.8. The number of hydrogen-bond donors (Lipinski definition) is 0. The summed E-state index contributed by atoms with van der Waals surface area (Å²) < 4.78 is 6.77. The molecule has 1 aliphatic heterocycles. The van der Waals surface area contributed by atoms with Crippen LogP contribution in [0.25, 0.3) is 11.3 Å². The zero-order valence-electron chi connectivity index (χ0n) is 15.5. The van der Waals surface area contributed by atoms with Gasteiger partial charge in [-0.25, -0.2) is 4.98 Å². The molecule has 4 rings (SSSR count). The van der Waals surface area contributed by atoms with E-state index < -0.39 is 0 Å². The zero-order chi connectivity index (χ0) is 20.2. The van der Waals surface area contributed by atoms with Crippen LogP contribution in [0.5, 0.6) is 0 Å². The van der Waals surface area contributed by atoms with Gasteiger partial charge in [0, 0.05) is 27.6 Å². The molecule has 1 fully saturated rings. The first kappa shape index (κ1) is 19.8. The summed E-state index contributed by atoms with van der Waals surface area (Å²) in [5, 5.41) is 11.8. The van der Waals surface area contributed by atoms with Crippen LogP contribution < -0.4 is 4.90 Å². The molecule has 0 saturated carbocycles. The Balaban J connectivity index is 1.66. The van der Waals surface area contributed by atoms with Crippen LogP contribution in [0.3, 0.4) is 0 Å². The van der Waals surface area contributed by atoms with E-state index in [0.29, 0.717) is 22.8 Å². The highest BCUT2D eigenvalue weighted by atomic mass is 79.9. The number of anilines is 1. The van der Waals surface area contributed by atoms with Gasteiger partial charge in [0.25, 0.3) is 5.91 Å². The lowest BCUT2D eigenvalue weighted by atomic mass is 10.1. The summed E-state index contributed by atoms with van der Waals surface area (Å²) in [4.78, 5) is 19.7. The monoisotopic (exact) mass is 467 g/mol. The Labute approximate surface area is 181 Å². The molecular weight excluding hydrogens is 450 g/mol. The lowest BCUT2D eigenvalue weighted by Gasteiger charge is -2.23. The summed E-state index contributed by atoms with van der Waals surface area (Å²) in [7, 11) is 0. The smallest absolute Gasteiger partial charge is 0.260 e. The molecule has 3 aromatic rings. The lowest BCUT2D eigenvalue weighted by Crippen LogP contribution is -2.37. The molecule has 0 radical (unpaired) electrons. The second kappa shape index (κ2) is 8.87. The van der Waals surface area contributed by atoms with E-state index >= 15 is 0 Å². The molecule has 29 heavy (non-hydrogen) atoms. The first-order valence-corrected chi connectivity index (χ1v) is 11.0. The Morgan fingerprint density at radius 2 is 2.14 bits per heavy atom. The normalized spacial score (nSPS) is 15.8. The second-order valence-corrected chi connectivity index (χ2v) is 8.52. The van der Waals surface area contributed by atoms with Crippen molar-refractivity contribution in [1.29, 1.82) is 5.26 Å². The first-order chi connectivity index (χ1) is 14.1. The third-order valence-electron chi connectivity index (χ3n) is 4.76. The van der Waals surface area contributed by atoms with Gasteiger partial charge in [-0.05, 0) is 43.2 Å². The van der Waals surface area contributed by atoms with Gasteiger partial charge in [0.1, 0.15) is 0 Å². The van der Waals surface area contributed by atoms with Gasteiger partial charge in [-0.15, -0.1) is 11.3 Å². The minimum Gasteiger partial charge on any atom is -0.376 e. The molecule has 0 N–H and O–H groups in total. The van der Waals surface area contributed by atoms with Crippen molar-refractivity contribution in [2.24, 2.45) is 0 Å². The van der Waals surface area contributed by atoms with Crippen molar-refractivity contribution >= 4 is 38.3 Å². The van der Waals surface area contributed by atoms with Crippen molar-refractivity contribution in [3.8, 4) is 17.3 Å². The Hall–Kier alpha value is -2.53. The number of rotatable bonds is 5. The van der Waals surface area contributed by atoms with E-state index in [1.807, 2.05) is 29.6 Å². The number of carbonyl (C=O) groups excluding carboxylic acids is 1. The Morgan fingerprint density at radius 3 is 2.86 bits per heavy atom. The van der Waals surface area contributed by atoms with Gasteiger partial charge in [-0.2, -0.15) is 5.26 Å². The summed E-state index contributed by atoms with van der Waals surface area (Å²) in [5.41, 5.74) is 2.75. The molecule has 146 valence electrons. The lowest BCUT2D eigenvalue weighted by molar-refractivity contribution is 0.0917. The van der Waals surface area contributed by atoms with Crippen LogP contribution in [-0.4, -0.2) is 30.1 Å². The molecule has 1 aromatic heterocycles. The van der Waals surface area contributed by atoms with Gasteiger partial charge in [0.2, 0.25) is 0 Å². The topological polar surface area (TPSA) is 66.2 Å². The molecule has 7 heteroatoms. The van der Waals surface area contributed by atoms with Gasteiger partial charge < -0.3 is 4.74 Å². The van der Waals surface area contributed by atoms with Gasteiger partial charge in [0.15, 0.2) is 5.13 Å². The molecule has 2 aromatic carbocycles. The number of carbonyl (C=O) groups is 1. The van der Waals surface area contributed by atoms with Crippen molar-refractivity contribution in [3.05, 3.63) is 69.5 Å². The highest BCUT2D eigenvalue weighted by Gasteiger charge is 2.27. The average Bonchev–Trinajstić information content (AvgIpc) is 3.44. The van der Waals surface area contributed by atoms with E-state index in [1.54, 1.807) is 29.2 Å². The summed E-state index contributed by atoms with van der Waals surface area (Å²) in [6.45, 7) is 1.17. The van der Waals surface area contributed by atoms with Crippen LogP contribution in [0.4, 0.5) is 5.13 Å². The fourth-order valence-corrected chi connectivity index (χ4v) is 4.36. The number of hydrogen-bond acceptors (Lipinski definition) is 5. The number of aromatic nitrogens is 1. The van der Waals surface area contributed by atoms with Crippen molar-refractivity contribution in [3.63, 3.8) is 0 Å². The molecule has 2 heterocycles. The first-order valence-electron chi connectivity index (χ1n) is 9.29. The van der Waals surface area contributed by atoms with Crippen LogP contribution >= 0.6 is 27.3 Å². The summed E-state index contributed by atoms with van der Waals surface area (Å²) in [5.74, 6) is -0.172. The molecule has 0 spiro atoms. The molecule has 0 bridgehead atoms. The molecule has 1 saturated heterocycles. The number of benzene rings is 2. The zero-order valence-corrected chi connectivity index (χ0v) is 17.9. The SMILES string of the molecule is N#Cc1cccc(C(=O)N(CC2CCCO2)c2nc(-c3ccc(Br)cc3)cs2)c1. The van der Waals surface area contributed by atoms with Gasteiger partial charge >= 0.3 is 0 Å². The van der Waals surface area contributed by atoms with Crippen LogP contribution in [0.2, 0.25) is 0 Å².